The van der Waals surface area contributed by atoms with E-state index in [0.29, 0.717) is 23.6 Å². The Balaban J connectivity index is 1.47. The fourth-order valence-electron chi connectivity index (χ4n) is 6.43. The van der Waals surface area contributed by atoms with Gasteiger partial charge in [-0.2, -0.15) is 0 Å². The second kappa shape index (κ2) is 8.40. The molecule has 3 fully saturated rings. The van der Waals surface area contributed by atoms with Crippen molar-refractivity contribution < 1.29 is 10.2 Å². The van der Waals surface area contributed by atoms with Crippen molar-refractivity contribution in [3.8, 4) is 0 Å². The minimum absolute atomic E-state index is 0.0882. The molecule has 2 N–H and O–H groups in total. The molecule has 3 aliphatic rings. The van der Waals surface area contributed by atoms with Gasteiger partial charge in [-0.1, -0.05) is 44.2 Å². The van der Waals surface area contributed by atoms with Crippen molar-refractivity contribution in [3.05, 3.63) is 40.3 Å². The first kappa shape index (κ1) is 20.2. The number of rotatable bonds is 3. The summed E-state index contributed by atoms with van der Waals surface area (Å²) in [5.41, 5.74) is 0.932. The Bertz CT molecular complexity index is 934. The van der Waals surface area contributed by atoms with E-state index in [-0.39, 0.29) is 17.3 Å². The van der Waals surface area contributed by atoms with Crippen molar-refractivity contribution >= 4 is 11.0 Å². The highest BCUT2D eigenvalue weighted by Gasteiger charge is 2.44. The maximum absolute atomic E-state index is 13.2. The van der Waals surface area contributed by atoms with Gasteiger partial charge in [0.15, 0.2) is 5.69 Å². The highest BCUT2D eigenvalue weighted by Crippen LogP contribution is 2.44. The van der Waals surface area contributed by atoms with E-state index in [9.17, 15) is 15.0 Å². The summed E-state index contributed by atoms with van der Waals surface area (Å²) in [6, 6.07) is 9.41. The summed E-state index contributed by atoms with van der Waals surface area (Å²) in [6.45, 7) is 0. The number of aliphatic hydroxyl groups is 2. The van der Waals surface area contributed by atoms with Gasteiger partial charge in [0.05, 0.1) is 11.0 Å². The summed E-state index contributed by atoms with van der Waals surface area (Å²) in [5, 5.41) is 19.5. The van der Waals surface area contributed by atoms with Crippen LogP contribution in [0.3, 0.4) is 0 Å². The van der Waals surface area contributed by atoms with Gasteiger partial charge in [0.2, 0.25) is 6.29 Å². The summed E-state index contributed by atoms with van der Waals surface area (Å²) in [7, 11) is 0. The van der Waals surface area contributed by atoms with Crippen LogP contribution in [0.5, 0.6) is 0 Å². The normalized spacial score (nSPS) is 28.7. The Kier molecular flexibility index (Phi) is 5.65. The molecule has 0 unspecified atom stereocenters. The summed E-state index contributed by atoms with van der Waals surface area (Å²) in [5.74, 6) is 0. The second-order valence-electron chi connectivity index (χ2n) is 9.49. The van der Waals surface area contributed by atoms with Crippen molar-refractivity contribution in [1.29, 1.82) is 0 Å². The minimum Gasteiger partial charge on any atom is -0.363 e. The number of aromatic nitrogens is 2. The molecule has 2 bridgehead atoms. The topological polar surface area (TPSA) is 78.6 Å². The van der Waals surface area contributed by atoms with Crippen molar-refractivity contribution in [3.63, 3.8) is 0 Å². The molecule has 3 atom stereocenters. The lowest BCUT2D eigenvalue weighted by Gasteiger charge is -2.45. The van der Waals surface area contributed by atoms with Crippen LogP contribution in [0.15, 0.2) is 29.1 Å². The Morgan fingerprint density at radius 2 is 1.47 bits per heavy atom. The smallest absolute Gasteiger partial charge is 0.278 e. The highest BCUT2D eigenvalue weighted by molar-refractivity contribution is 5.74. The Hall–Kier alpha value is -1.76. The third-order valence-corrected chi connectivity index (χ3v) is 7.69. The van der Waals surface area contributed by atoms with E-state index >= 15 is 0 Å². The van der Waals surface area contributed by atoms with Gasteiger partial charge in [-0.05, 0) is 50.7 Å². The van der Waals surface area contributed by atoms with Crippen molar-refractivity contribution in [2.24, 2.45) is 0 Å². The van der Waals surface area contributed by atoms with E-state index < -0.39 is 6.29 Å². The fraction of sp³-hybridized carbons (Fsp3) is 0.667. The first-order chi connectivity index (χ1) is 14.6. The van der Waals surface area contributed by atoms with Crippen LogP contribution >= 0.6 is 0 Å². The number of para-hydroxylation sites is 2. The van der Waals surface area contributed by atoms with Crippen LogP contribution in [-0.4, -0.2) is 42.8 Å². The van der Waals surface area contributed by atoms with Gasteiger partial charge < -0.3 is 14.8 Å². The molecule has 162 valence electrons. The molecule has 2 aliphatic heterocycles. The predicted molar refractivity (Wildman–Crippen MR) is 116 cm³/mol. The zero-order chi connectivity index (χ0) is 20.7. The summed E-state index contributed by atoms with van der Waals surface area (Å²) in [4.78, 5) is 20.3. The van der Waals surface area contributed by atoms with Crippen LogP contribution in [0, 0.1) is 0 Å². The lowest BCUT2D eigenvalue weighted by atomic mass is 9.89. The number of aliphatic hydroxyl groups excluding tert-OH is 1. The van der Waals surface area contributed by atoms with Gasteiger partial charge in [-0.25, -0.2) is 4.98 Å². The maximum atomic E-state index is 13.2. The third kappa shape index (κ3) is 3.59. The van der Waals surface area contributed by atoms with E-state index in [0.717, 1.165) is 18.4 Å². The van der Waals surface area contributed by atoms with Crippen LogP contribution in [0.4, 0.5) is 0 Å². The molecule has 2 aromatic rings. The maximum Gasteiger partial charge on any atom is 0.278 e. The molecule has 1 aliphatic carbocycles. The molecule has 1 saturated carbocycles. The zero-order valence-electron chi connectivity index (χ0n) is 17.6. The van der Waals surface area contributed by atoms with Gasteiger partial charge in [0.25, 0.3) is 5.56 Å². The van der Waals surface area contributed by atoms with Gasteiger partial charge in [0, 0.05) is 24.2 Å². The van der Waals surface area contributed by atoms with E-state index in [1.165, 1.54) is 57.8 Å². The molecule has 2 saturated heterocycles. The van der Waals surface area contributed by atoms with Gasteiger partial charge in [0.1, 0.15) is 0 Å². The molecule has 6 heteroatoms. The minimum atomic E-state index is -1.85. The molecule has 0 radical (unpaired) electrons. The van der Waals surface area contributed by atoms with Gasteiger partial charge >= 0.3 is 0 Å². The van der Waals surface area contributed by atoms with Crippen LogP contribution in [0.1, 0.15) is 88.7 Å². The quantitative estimate of drug-likeness (QED) is 0.754. The average molecular weight is 412 g/mol. The molecule has 1 aromatic heterocycles. The standard InChI is InChI=1S/C24H33N3O3/c28-23-22(24(29)30)25-20-10-6-7-11-21(20)27(23)19-14-17-12-13-18(15-19)26(17)16-8-4-2-1-3-5-9-16/h6-7,10-11,16-19,24,29-30H,1-5,8-9,12-15H2/t17-,18+,19+. The summed E-state index contributed by atoms with van der Waals surface area (Å²) in [6.07, 6.45) is 11.9. The fourth-order valence-corrected chi connectivity index (χ4v) is 6.43. The zero-order valence-corrected chi connectivity index (χ0v) is 17.6. The largest absolute Gasteiger partial charge is 0.363 e. The van der Waals surface area contributed by atoms with Gasteiger partial charge in [-0.15, -0.1) is 0 Å². The highest BCUT2D eigenvalue weighted by atomic mass is 16.5. The number of nitrogens with zero attached hydrogens (tertiary/aromatic N) is 3. The molecule has 0 spiro atoms. The van der Waals surface area contributed by atoms with E-state index in [1.54, 1.807) is 0 Å². The summed E-state index contributed by atoms with van der Waals surface area (Å²) < 4.78 is 1.82. The molecular formula is C24H33N3O3. The van der Waals surface area contributed by atoms with Gasteiger partial charge in [-0.3, -0.25) is 9.69 Å². The first-order valence-corrected chi connectivity index (χ1v) is 11.8. The average Bonchev–Trinajstić information content (AvgIpc) is 2.96. The lowest BCUT2D eigenvalue weighted by Crippen LogP contribution is -2.50. The Labute approximate surface area is 177 Å². The number of benzene rings is 1. The number of hydrogen-bond acceptors (Lipinski definition) is 5. The predicted octanol–water partition coefficient (Wildman–Crippen LogP) is 3.66. The molecule has 1 aromatic carbocycles. The molecular weight excluding hydrogens is 378 g/mol. The van der Waals surface area contributed by atoms with Crippen molar-refractivity contribution in [1.82, 2.24) is 14.5 Å². The van der Waals surface area contributed by atoms with Crippen LogP contribution < -0.4 is 5.56 Å². The Morgan fingerprint density at radius 1 is 0.833 bits per heavy atom. The Morgan fingerprint density at radius 3 is 2.13 bits per heavy atom. The molecule has 0 amide bonds. The lowest BCUT2D eigenvalue weighted by molar-refractivity contribution is -0.0472. The summed E-state index contributed by atoms with van der Waals surface area (Å²) >= 11 is 0. The SMILES string of the molecule is O=c1c(C(O)O)nc2ccccc2n1[C@H]1C[C@H]2CC[C@@H](C1)N2C1CCCCCCC1. The van der Waals surface area contributed by atoms with Crippen LogP contribution in [-0.2, 0) is 0 Å². The van der Waals surface area contributed by atoms with Crippen molar-refractivity contribution in [2.45, 2.75) is 101 Å². The molecule has 30 heavy (non-hydrogen) atoms. The molecule has 6 nitrogen and oxygen atoms in total. The number of hydrogen-bond donors (Lipinski definition) is 2. The van der Waals surface area contributed by atoms with E-state index in [1.807, 2.05) is 28.8 Å². The van der Waals surface area contributed by atoms with E-state index in [2.05, 4.69) is 9.88 Å². The van der Waals surface area contributed by atoms with Crippen molar-refractivity contribution in [2.75, 3.05) is 0 Å². The first-order valence-electron chi connectivity index (χ1n) is 11.8. The number of fused-ring (bicyclic) bond motifs is 3. The van der Waals surface area contributed by atoms with Crippen LogP contribution in [0.2, 0.25) is 0 Å². The second-order valence-corrected chi connectivity index (χ2v) is 9.49. The van der Waals surface area contributed by atoms with Crippen LogP contribution in [0.25, 0.3) is 11.0 Å². The monoisotopic (exact) mass is 411 g/mol. The number of piperidine rings is 1. The molecule has 5 rings (SSSR count). The third-order valence-electron chi connectivity index (χ3n) is 7.69. The van der Waals surface area contributed by atoms with E-state index in [4.69, 9.17) is 0 Å². The molecule has 3 heterocycles.